The van der Waals surface area contributed by atoms with Gasteiger partial charge in [-0.05, 0) is 48.8 Å². The van der Waals surface area contributed by atoms with Crippen LogP contribution in [0.5, 0.6) is 0 Å². The lowest BCUT2D eigenvalue weighted by Gasteiger charge is -2.32. The van der Waals surface area contributed by atoms with Crippen LogP contribution in [0.3, 0.4) is 0 Å². The zero-order valence-corrected chi connectivity index (χ0v) is 13.8. The number of rotatable bonds is 2. The van der Waals surface area contributed by atoms with Crippen molar-refractivity contribution >= 4 is 45.6 Å². The maximum Gasteiger partial charge on any atom is 0.255 e. The Bertz CT molecular complexity index is 424. The molecule has 2 heterocycles. The minimum absolute atomic E-state index is 0. The number of aryl methyl sites for hydroxylation is 1. The van der Waals surface area contributed by atoms with Gasteiger partial charge >= 0.3 is 0 Å². The molecule has 1 aliphatic heterocycles. The molecule has 102 valence electrons. The van der Waals surface area contributed by atoms with Crippen molar-refractivity contribution in [3.63, 3.8) is 0 Å². The van der Waals surface area contributed by atoms with E-state index in [9.17, 15) is 4.79 Å². The van der Waals surface area contributed by atoms with E-state index >= 15 is 0 Å². The highest BCUT2D eigenvalue weighted by molar-refractivity contribution is 9.11. The summed E-state index contributed by atoms with van der Waals surface area (Å²) >= 11 is 5.09. The molecule has 2 rings (SSSR count). The van der Waals surface area contributed by atoms with Crippen LogP contribution in [0.2, 0.25) is 0 Å². The average Bonchev–Trinajstić information content (AvgIpc) is 2.67. The van der Waals surface area contributed by atoms with Crippen molar-refractivity contribution in [2.45, 2.75) is 25.8 Å². The van der Waals surface area contributed by atoms with Crippen molar-refractivity contribution in [3.05, 3.63) is 20.3 Å². The van der Waals surface area contributed by atoms with Gasteiger partial charge < -0.3 is 10.2 Å². The highest BCUT2D eigenvalue weighted by Crippen LogP contribution is 2.29. The van der Waals surface area contributed by atoms with Crippen LogP contribution in [0, 0.1) is 6.92 Å². The lowest BCUT2D eigenvalue weighted by molar-refractivity contribution is 0.0698. The van der Waals surface area contributed by atoms with Crippen LogP contribution in [-0.4, -0.2) is 37.0 Å². The van der Waals surface area contributed by atoms with Gasteiger partial charge in [-0.3, -0.25) is 4.79 Å². The molecule has 1 saturated heterocycles. The fraction of sp³-hybridized carbons (Fsp3) is 0.583. The van der Waals surface area contributed by atoms with Gasteiger partial charge in [0.05, 0.1) is 9.35 Å². The van der Waals surface area contributed by atoms with Gasteiger partial charge in [0.1, 0.15) is 0 Å². The summed E-state index contributed by atoms with van der Waals surface area (Å²) in [5.74, 6) is 0.154. The Kier molecular flexibility index (Phi) is 6.11. The Morgan fingerprint density at radius 1 is 1.61 bits per heavy atom. The number of amides is 1. The number of carbonyl (C=O) groups is 1. The van der Waals surface area contributed by atoms with E-state index in [1.807, 2.05) is 24.9 Å². The predicted octanol–water partition coefficient (Wildman–Crippen LogP) is 3.06. The van der Waals surface area contributed by atoms with Gasteiger partial charge in [-0.2, -0.15) is 0 Å². The number of likely N-dealkylation sites (N-methyl/N-ethyl adjacent to an activating group) is 1. The van der Waals surface area contributed by atoms with E-state index in [0.717, 1.165) is 35.3 Å². The zero-order valence-electron chi connectivity index (χ0n) is 10.5. The topological polar surface area (TPSA) is 32.3 Å². The van der Waals surface area contributed by atoms with Crippen molar-refractivity contribution < 1.29 is 4.79 Å². The number of nitrogens with one attached hydrogen (secondary N) is 1. The first-order valence-corrected chi connectivity index (χ1v) is 7.45. The summed E-state index contributed by atoms with van der Waals surface area (Å²) in [5.41, 5.74) is 0.809. The van der Waals surface area contributed by atoms with E-state index in [2.05, 4.69) is 21.2 Å². The van der Waals surface area contributed by atoms with Crippen molar-refractivity contribution in [2.24, 2.45) is 0 Å². The smallest absolute Gasteiger partial charge is 0.255 e. The molecule has 0 radical (unpaired) electrons. The number of hydrogen-bond donors (Lipinski definition) is 1. The number of nitrogens with zero attached hydrogens (tertiary/aromatic N) is 1. The molecule has 1 aromatic heterocycles. The van der Waals surface area contributed by atoms with Crippen molar-refractivity contribution in [1.82, 2.24) is 10.2 Å². The molecule has 0 aliphatic carbocycles. The van der Waals surface area contributed by atoms with Gasteiger partial charge in [0.25, 0.3) is 5.91 Å². The summed E-state index contributed by atoms with van der Waals surface area (Å²) in [5, 5.41) is 3.26. The van der Waals surface area contributed by atoms with E-state index in [0.29, 0.717) is 6.04 Å². The van der Waals surface area contributed by atoms with Gasteiger partial charge in [-0.25, -0.2) is 0 Å². The van der Waals surface area contributed by atoms with Gasteiger partial charge in [-0.1, -0.05) is 0 Å². The van der Waals surface area contributed by atoms with Crippen LogP contribution >= 0.6 is 39.7 Å². The summed E-state index contributed by atoms with van der Waals surface area (Å²) < 4.78 is 0.951. The Morgan fingerprint density at radius 3 is 2.89 bits per heavy atom. The second-order valence-corrected chi connectivity index (χ2v) is 7.00. The van der Waals surface area contributed by atoms with Crippen molar-refractivity contribution in [3.8, 4) is 0 Å². The van der Waals surface area contributed by atoms with E-state index in [1.165, 1.54) is 4.88 Å². The Balaban J connectivity index is 0.00000162. The molecular formula is C12H18BrClN2OS. The predicted molar refractivity (Wildman–Crippen MR) is 82.0 cm³/mol. The quantitative estimate of drug-likeness (QED) is 0.886. The Hall–Kier alpha value is -0.100. The molecule has 1 atom stereocenters. The zero-order chi connectivity index (χ0) is 12.4. The lowest BCUT2D eigenvalue weighted by Crippen LogP contribution is -2.46. The van der Waals surface area contributed by atoms with E-state index in [-0.39, 0.29) is 18.3 Å². The normalized spacial score (nSPS) is 19.5. The molecule has 1 aliphatic rings. The maximum atomic E-state index is 12.4. The van der Waals surface area contributed by atoms with Crippen LogP contribution in [0.4, 0.5) is 0 Å². The summed E-state index contributed by atoms with van der Waals surface area (Å²) in [7, 11) is 1.96. The fourth-order valence-electron chi connectivity index (χ4n) is 2.20. The molecular weight excluding hydrogens is 336 g/mol. The fourth-order valence-corrected chi connectivity index (χ4v) is 3.96. The first-order chi connectivity index (χ1) is 8.11. The Morgan fingerprint density at radius 2 is 2.33 bits per heavy atom. The standard InChI is InChI=1S/C12H17BrN2OS.ClH/c1-8-6-10(11(13)17-8)12(16)15-5-3-4-9(7-15)14-2;/h6,9,14H,3-5,7H2,1-2H3;1H. The number of thiophene rings is 1. The number of hydrogen-bond acceptors (Lipinski definition) is 3. The summed E-state index contributed by atoms with van der Waals surface area (Å²) in [4.78, 5) is 15.5. The van der Waals surface area contributed by atoms with Crippen LogP contribution in [0.15, 0.2) is 9.85 Å². The monoisotopic (exact) mass is 352 g/mol. The molecule has 3 nitrogen and oxygen atoms in total. The first-order valence-electron chi connectivity index (χ1n) is 5.84. The molecule has 18 heavy (non-hydrogen) atoms. The first kappa shape index (κ1) is 16.0. The summed E-state index contributed by atoms with van der Waals surface area (Å²) in [6.45, 7) is 3.72. The number of piperidine rings is 1. The van der Waals surface area contributed by atoms with E-state index < -0.39 is 0 Å². The van der Waals surface area contributed by atoms with Crippen LogP contribution < -0.4 is 5.32 Å². The molecule has 1 N–H and O–H groups in total. The van der Waals surface area contributed by atoms with Gasteiger partial charge in [0, 0.05) is 24.0 Å². The van der Waals surface area contributed by atoms with Gasteiger partial charge in [0.2, 0.25) is 0 Å². The highest BCUT2D eigenvalue weighted by Gasteiger charge is 2.25. The maximum absolute atomic E-state index is 12.4. The third-order valence-corrected chi connectivity index (χ3v) is 4.91. The van der Waals surface area contributed by atoms with Crippen molar-refractivity contribution in [1.29, 1.82) is 0 Å². The number of likely N-dealkylation sites (tertiary alicyclic amines) is 1. The molecule has 0 saturated carbocycles. The third-order valence-electron chi connectivity index (χ3n) is 3.16. The second-order valence-electron chi connectivity index (χ2n) is 4.42. The lowest BCUT2D eigenvalue weighted by atomic mass is 10.1. The van der Waals surface area contributed by atoms with Crippen LogP contribution in [0.1, 0.15) is 28.1 Å². The molecule has 0 aromatic carbocycles. The molecule has 1 amide bonds. The SMILES string of the molecule is CNC1CCCN(C(=O)c2cc(C)sc2Br)C1.Cl. The molecule has 0 bridgehead atoms. The largest absolute Gasteiger partial charge is 0.337 e. The summed E-state index contributed by atoms with van der Waals surface area (Å²) in [6.07, 6.45) is 2.24. The molecule has 1 fully saturated rings. The van der Waals surface area contributed by atoms with Gasteiger partial charge in [-0.15, -0.1) is 23.7 Å². The molecule has 1 unspecified atom stereocenters. The van der Waals surface area contributed by atoms with Crippen LogP contribution in [-0.2, 0) is 0 Å². The minimum atomic E-state index is 0. The highest BCUT2D eigenvalue weighted by atomic mass is 79.9. The second kappa shape index (κ2) is 6.89. The number of halogens is 2. The van der Waals surface area contributed by atoms with E-state index in [1.54, 1.807) is 11.3 Å². The average molecular weight is 354 g/mol. The molecule has 6 heteroatoms. The summed E-state index contributed by atoms with van der Waals surface area (Å²) in [6, 6.07) is 2.41. The molecule has 0 spiro atoms. The minimum Gasteiger partial charge on any atom is -0.337 e. The van der Waals surface area contributed by atoms with E-state index in [4.69, 9.17) is 0 Å². The molecule has 1 aromatic rings. The number of carbonyl (C=O) groups excluding carboxylic acids is 1. The van der Waals surface area contributed by atoms with Crippen molar-refractivity contribution in [2.75, 3.05) is 20.1 Å². The Labute approximate surface area is 126 Å². The third kappa shape index (κ3) is 3.47. The van der Waals surface area contributed by atoms with Crippen LogP contribution in [0.25, 0.3) is 0 Å². The van der Waals surface area contributed by atoms with Gasteiger partial charge in [0.15, 0.2) is 0 Å².